The van der Waals surface area contributed by atoms with E-state index >= 15 is 0 Å². The number of benzene rings is 17. The van der Waals surface area contributed by atoms with Crippen LogP contribution in [0.1, 0.15) is 0 Å². The maximum atomic E-state index is 5.35. The Labute approximate surface area is 849 Å². The average Bonchev–Trinajstić information content (AvgIpc) is 1.53. The lowest BCUT2D eigenvalue weighted by molar-refractivity contribution is 0.955. The molecule has 0 aliphatic heterocycles. The fraction of sp³-hybridized carbons (Fsp3) is 0. The first-order chi connectivity index (χ1) is 71.9. The molecule has 15 aromatic heterocycles. The fourth-order valence-electron chi connectivity index (χ4n) is 21.6. The highest BCUT2D eigenvalue weighted by molar-refractivity contribution is 7.32. The standard InChI is InChI=1S/2C44H25N5S2.C37H20N4S2/c1-3-13-26(14-4-1)41-46-42(27-15-5-2-6-16-27)48-43(47-41)28-17-11-18-29(25-28)49-33-22-9-7-19-30(33)35-38(49)36-32-21-12-24-45-44(32)51-40(36)37-31-20-8-10-23-34(31)50-39(35)37;1-3-12-26(13-4-1)27-21-23-29(24-22-27)42-46-41(28-14-5-2-6-15-28)47-44(48-42)49-33-19-9-7-16-30(33)35-38(49)36-32-18-11-25-45-43(32)51-40(36)37-31-17-8-10-20-34(31)50-39(35)37;1-2-11-21(12-3-1)32-22-13-4-7-17-26(22)39-37(40-32)41-27-18-8-5-14-23(27)29-33(41)30-25-16-10-20-38-36(25)43-35(30)31-24-15-6-9-19-28(24)42-34(29)31/h2*1-25H;1-20H. The van der Waals surface area contributed by atoms with E-state index in [0.29, 0.717) is 41.0 Å². The van der Waals surface area contributed by atoms with Crippen molar-refractivity contribution in [3.63, 3.8) is 0 Å². The van der Waals surface area contributed by atoms with Gasteiger partial charge >= 0.3 is 0 Å². The van der Waals surface area contributed by atoms with Gasteiger partial charge in [0.1, 0.15) is 14.5 Å². The largest absolute Gasteiger partial charge is 0.308 e. The van der Waals surface area contributed by atoms with Gasteiger partial charge in [-0.05, 0) is 102 Å². The first-order valence-electron chi connectivity index (χ1n) is 47.8. The van der Waals surface area contributed by atoms with Gasteiger partial charge in [-0.3, -0.25) is 9.13 Å². The molecule has 676 valence electrons. The normalized spacial score (nSPS) is 12.0. The Bertz CT molecular complexity index is 10800. The summed E-state index contributed by atoms with van der Waals surface area (Å²) in [5.74, 6) is 4.44. The summed E-state index contributed by atoms with van der Waals surface area (Å²) in [6.45, 7) is 0. The van der Waals surface area contributed by atoms with Crippen molar-refractivity contribution in [2.24, 2.45) is 0 Å². The van der Waals surface area contributed by atoms with E-state index in [2.05, 4.69) is 317 Å². The van der Waals surface area contributed by atoms with E-state index < -0.39 is 0 Å². The molecule has 0 unspecified atom stereocenters. The van der Waals surface area contributed by atoms with Crippen LogP contribution in [0.5, 0.6) is 0 Å². The van der Waals surface area contributed by atoms with Crippen LogP contribution < -0.4 is 0 Å². The molecule has 0 aliphatic carbocycles. The van der Waals surface area contributed by atoms with Crippen LogP contribution in [-0.2, 0) is 0 Å². The Morgan fingerprint density at radius 1 is 0.179 bits per heavy atom. The second-order valence-electron chi connectivity index (χ2n) is 36.1. The van der Waals surface area contributed by atoms with Gasteiger partial charge in [0, 0.05) is 202 Å². The topological polar surface area (TPSA) is 157 Å². The molecule has 32 rings (SSSR count). The van der Waals surface area contributed by atoms with Gasteiger partial charge in [-0.25, -0.2) is 44.9 Å². The van der Waals surface area contributed by atoms with Crippen molar-refractivity contribution < 1.29 is 0 Å². The molecule has 14 nitrogen and oxygen atoms in total. The van der Waals surface area contributed by atoms with Crippen LogP contribution in [0.4, 0.5) is 0 Å². The summed E-state index contributed by atoms with van der Waals surface area (Å²) in [6, 6.07) is 142. The summed E-state index contributed by atoms with van der Waals surface area (Å²) in [7, 11) is 0. The Balaban J connectivity index is 0.000000101. The maximum Gasteiger partial charge on any atom is 0.238 e. The molecule has 0 saturated carbocycles. The Hall–Kier alpha value is -17.7. The molecule has 0 bridgehead atoms. The number of rotatable bonds is 10. The lowest BCUT2D eigenvalue weighted by Gasteiger charge is -2.12. The predicted molar refractivity (Wildman–Crippen MR) is 611 cm³/mol. The molecule has 0 aliphatic rings. The summed E-state index contributed by atoms with van der Waals surface area (Å²) < 4.78 is 18.5. The number of aromatic nitrogens is 14. The van der Waals surface area contributed by atoms with Crippen LogP contribution in [0.15, 0.2) is 425 Å². The minimum absolute atomic E-state index is 0.585. The van der Waals surface area contributed by atoms with Gasteiger partial charge in [0.2, 0.25) is 11.9 Å². The van der Waals surface area contributed by atoms with Gasteiger partial charge < -0.3 is 4.57 Å². The molecule has 0 spiro atoms. The molecule has 0 N–H and O–H groups in total. The fourth-order valence-corrected chi connectivity index (χ4v) is 29.3. The molecule has 0 atom stereocenters. The van der Waals surface area contributed by atoms with Gasteiger partial charge in [-0.1, -0.05) is 315 Å². The number of para-hydroxylation sites is 4. The van der Waals surface area contributed by atoms with Gasteiger partial charge in [0.25, 0.3) is 0 Å². The van der Waals surface area contributed by atoms with E-state index in [4.69, 9.17) is 54.8 Å². The Morgan fingerprint density at radius 3 is 0.897 bits per heavy atom. The van der Waals surface area contributed by atoms with Crippen molar-refractivity contribution in [1.82, 2.24) is 68.5 Å². The van der Waals surface area contributed by atoms with Gasteiger partial charge in [0.15, 0.2) is 29.1 Å². The number of fused-ring (bicyclic) bond motifs is 37. The van der Waals surface area contributed by atoms with Crippen molar-refractivity contribution in [2.75, 3.05) is 0 Å². The zero-order chi connectivity index (χ0) is 95.0. The highest BCUT2D eigenvalue weighted by atomic mass is 32.1. The molecule has 0 radical (unpaired) electrons. The van der Waals surface area contributed by atoms with Gasteiger partial charge in [-0.2, -0.15) is 9.97 Å². The third kappa shape index (κ3) is 13.2. The zero-order valence-electron chi connectivity index (χ0n) is 76.6. The molecule has 0 fully saturated rings. The third-order valence-corrected chi connectivity index (χ3v) is 34.8. The summed E-state index contributed by atoms with van der Waals surface area (Å²) in [6.07, 6.45) is 5.69. The Morgan fingerprint density at radius 2 is 0.469 bits per heavy atom. The monoisotopic (exact) mass is 1960 g/mol. The highest BCUT2D eigenvalue weighted by Crippen LogP contribution is 2.57. The third-order valence-electron chi connectivity index (χ3n) is 27.9. The maximum absolute atomic E-state index is 5.35. The van der Waals surface area contributed by atoms with Crippen LogP contribution >= 0.6 is 68.0 Å². The molecule has 20 heteroatoms. The number of nitrogens with zero attached hydrogens (tertiary/aromatic N) is 14. The average molecular weight is 1960 g/mol. The van der Waals surface area contributed by atoms with E-state index in [1.807, 2.05) is 156 Å². The number of hydrogen-bond acceptors (Lipinski definition) is 17. The summed E-state index contributed by atoms with van der Waals surface area (Å²) in [5, 5.41) is 23.3. The lowest BCUT2D eigenvalue weighted by Crippen LogP contribution is -2.06. The van der Waals surface area contributed by atoms with E-state index in [0.717, 1.165) is 114 Å². The van der Waals surface area contributed by atoms with Crippen molar-refractivity contribution in [3.05, 3.63) is 425 Å². The van der Waals surface area contributed by atoms with Crippen molar-refractivity contribution >= 4 is 266 Å². The molecular formula is C125H70N14S6. The molecule has 0 amide bonds. The second kappa shape index (κ2) is 33.5. The van der Waals surface area contributed by atoms with Crippen molar-refractivity contribution in [2.45, 2.75) is 0 Å². The van der Waals surface area contributed by atoms with Crippen molar-refractivity contribution in [1.29, 1.82) is 0 Å². The summed E-state index contributed by atoms with van der Waals surface area (Å²) >= 11 is 11.0. The predicted octanol–water partition coefficient (Wildman–Crippen LogP) is 34.7. The summed E-state index contributed by atoms with van der Waals surface area (Å²) in [4.78, 5) is 59.0. The number of thiophene rings is 6. The zero-order valence-corrected chi connectivity index (χ0v) is 81.5. The van der Waals surface area contributed by atoms with Crippen LogP contribution in [0, 0.1) is 0 Å². The number of hydrogen-bond donors (Lipinski definition) is 0. The van der Waals surface area contributed by atoms with Crippen LogP contribution in [-0.4, -0.2) is 68.5 Å². The van der Waals surface area contributed by atoms with E-state index in [-0.39, 0.29) is 0 Å². The highest BCUT2D eigenvalue weighted by Gasteiger charge is 2.32. The number of pyridine rings is 3. The van der Waals surface area contributed by atoms with Crippen molar-refractivity contribution in [3.8, 4) is 96.9 Å². The molecule has 145 heavy (non-hydrogen) atoms. The van der Waals surface area contributed by atoms with E-state index in [1.165, 1.54) is 140 Å². The SMILES string of the molecule is c1ccc(-c2ccc(-c3nc(-c4ccccc4)nc(-n4c5ccccc5c5c6sc7ccccc7c6c6sc7ncccc7c6c54)n3)cc2)cc1.c1ccc(-c2nc(-c3ccccc3)nc(-c3cccc(-n4c5ccccc5c5c6sc7ccccc7c6c6sc7ncccc7c6c54)c3)n2)cc1.c1ccc(-c2nc(-n3c4ccccc4c4c5sc6ccccc6c5c5sc6ncccc6c5c43)nc3ccccc23)cc1. The second-order valence-corrected chi connectivity index (χ2v) is 42.2. The van der Waals surface area contributed by atoms with Crippen LogP contribution in [0.25, 0.3) is 295 Å². The Kier molecular flexibility index (Phi) is 19.2. The van der Waals surface area contributed by atoms with Crippen LogP contribution in [0.2, 0.25) is 0 Å². The smallest absolute Gasteiger partial charge is 0.238 e. The lowest BCUT2D eigenvalue weighted by atomic mass is 10.0. The molecule has 17 aromatic carbocycles. The van der Waals surface area contributed by atoms with Gasteiger partial charge in [0.05, 0.1) is 44.3 Å². The molecular weight excluding hydrogens is 1890 g/mol. The molecule has 0 saturated heterocycles. The van der Waals surface area contributed by atoms with Gasteiger partial charge in [-0.15, -0.1) is 68.0 Å². The summed E-state index contributed by atoms with van der Waals surface area (Å²) in [5.41, 5.74) is 17.7. The van der Waals surface area contributed by atoms with E-state index in [9.17, 15) is 0 Å². The molecule has 32 aromatic rings. The minimum Gasteiger partial charge on any atom is -0.308 e. The minimum atomic E-state index is 0.585. The first-order valence-corrected chi connectivity index (χ1v) is 52.7. The molecule has 15 heterocycles. The van der Waals surface area contributed by atoms with Crippen LogP contribution in [0.3, 0.4) is 0 Å². The quantitative estimate of drug-likeness (QED) is 0.128. The van der Waals surface area contributed by atoms with E-state index in [1.54, 1.807) is 34.0 Å². The first kappa shape index (κ1) is 83.1.